The molecule has 0 aliphatic carbocycles. The summed E-state index contributed by atoms with van der Waals surface area (Å²) in [6.45, 7) is 0.905. The summed E-state index contributed by atoms with van der Waals surface area (Å²) in [5, 5.41) is 21.8. The molecule has 0 bridgehead atoms. The first kappa shape index (κ1) is 16.0. The van der Waals surface area contributed by atoms with E-state index in [0.29, 0.717) is 37.3 Å². The summed E-state index contributed by atoms with van der Waals surface area (Å²) in [5.74, 6) is 0. The molecule has 2 aromatic carbocycles. The van der Waals surface area contributed by atoms with Gasteiger partial charge < -0.3 is 0 Å². The summed E-state index contributed by atoms with van der Waals surface area (Å²) in [6.07, 6.45) is 1.12. The molecule has 4 rings (SSSR count). The van der Waals surface area contributed by atoms with Gasteiger partial charge in [-0.2, -0.15) is 0 Å². The van der Waals surface area contributed by atoms with Crippen molar-refractivity contribution in [3.05, 3.63) is 67.8 Å². The first-order valence-corrected chi connectivity index (χ1v) is 8.09. The smallest absolute Gasteiger partial charge is 0.293 e. The van der Waals surface area contributed by atoms with Gasteiger partial charge in [-0.05, 0) is 36.1 Å². The predicted octanol–water partition coefficient (Wildman–Crippen LogP) is 3.05. The minimum atomic E-state index is -0.450. The third-order valence-corrected chi connectivity index (χ3v) is 4.80. The zero-order chi connectivity index (χ0) is 18.4. The van der Waals surface area contributed by atoms with E-state index < -0.39 is 9.85 Å². The Morgan fingerprint density at radius 3 is 1.62 bits per heavy atom. The van der Waals surface area contributed by atoms with E-state index >= 15 is 0 Å². The van der Waals surface area contributed by atoms with Crippen molar-refractivity contribution in [1.82, 2.24) is 0 Å². The first-order valence-electron chi connectivity index (χ1n) is 8.09. The molecule has 0 saturated heterocycles. The van der Waals surface area contributed by atoms with Gasteiger partial charge in [0.05, 0.1) is 9.85 Å². The Hall–Kier alpha value is -3.49. The standard InChI is InChI=1S/C17H14N4O5/c22-17(18-7-5-11-9-13(20(23)24)1-3-15(11)18)19-8-6-12-10-14(21(25)26)2-4-16(12)19/h1-4,9-10H,5-8H2. The van der Waals surface area contributed by atoms with Crippen molar-refractivity contribution in [3.63, 3.8) is 0 Å². The van der Waals surface area contributed by atoms with Crippen molar-refractivity contribution in [2.75, 3.05) is 22.9 Å². The molecule has 0 radical (unpaired) electrons. The van der Waals surface area contributed by atoms with Crippen molar-refractivity contribution >= 4 is 28.8 Å². The molecule has 9 nitrogen and oxygen atoms in total. The molecule has 2 aromatic rings. The van der Waals surface area contributed by atoms with Gasteiger partial charge in [-0.15, -0.1) is 0 Å². The van der Waals surface area contributed by atoms with Crippen LogP contribution in [0, 0.1) is 20.2 Å². The largest absolute Gasteiger partial charge is 0.328 e. The van der Waals surface area contributed by atoms with Crippen LogP contribution in [-0.2, 0) is 12.8 Å². The highest BCUT2D eigenvalue weighted by Crippen LogP contribution is 2.36. The van der Waals surface area contributed by atoms with E-state index in [1.807, 2.05) is 0 Å². The highest BCUT2D eigenvalue weighted by atomic mass is 16.6. The van der Waals surface area contributed by atoms with Crippen LogP contribution in [0.3, 0.4) is 0 Å². The number of fused-ring (bicyclic) bond motifs is 2. The van der Waals surface area contributed by atoms with E-state index in [1.54, 1.807) is 21.9 Å². The van der Waals surface area contributed by atoms with Crippen LogP contribution in [0.25, 0.3) is 0 Å². The Bertz CT molecular complexity index is 883. The molecule has 0 fully saturated rings. The van der Waals surface area contributed by atoms with E-state index in [-0.39, 0.29) is 17.4 Å². The molecule has 0 atom stereocenters. The Morgan fingerprint density at radius 1 is 0.808 bits per heavy atom. The summed E-state index contributed by atoms with van der Waals surface area (Å²) in [6, 6.07) is 8.78. The molecule has 2 heterocycles. The average Bonchev–Trinajstić information content (AvgIpc) is 3.24. The van der Waals surface area contributed by atoms with Gasteiger partial charge in [-0.3, -0.25) is 30.0 Å². The highest BCUT2D eigenvalue weighted by molar-refractivity contribution is 6.06. The molecule has 0 unspecified atom stereocenters. The lowest BCUT2D eigenvalue weighted by Gasteiger charge is -2.25. The van der Waals surface area contributed by atoms with Gasteiger partial charge in [0.1, 0.15) is 0 Å². The van der Waals surface area contributed by atoms with E-state index in [9.17, 15) is 25.0 Å². The zero-order valence-electron chi connectivity index (χ0n) is 13.6. The third-order valence-electron chi connectivity index (χ3n) is 4.80. The van der Waals surface area contributed by atoms with Gasteiger partial charge in [-0.1, -0.05) is 0 Å². The van der Waals surface area contributed by atoms with E-state index in [2.05, 4.69) is 0 Å². The molecule has 0 saturated carbocycles. The Morgan fingerprint density at radius 2 is 1.23 bits per heavy atom. The van der Waals surface area contributed by atoms with E-state index in [4.69, 9.17) is 0 Å². The second-order valence-electron chi connectivity index (χ2n) is 6.23. The predicted molar refractivity (Wildman–Crippen MR) is 93.7 cm³/mol. The average molecular weight is 354 g/mol. The number of urea groups is 1. The normalized spacial score (nSPS) is 14.9. The Balaban J connectivity index is 1.62. The first-order chi connectivity index (χ1) is 12.5. The number of rotatable bonds is 2. The molecule has 26 heavy (non-hydrogen) atoms. The van der Waals surface area contributed by atoms with Crippen LogP contribution in [0.4, 0.5) is 27.5 Å². The molecular weight excluding hydrogens is 340 g/mol. The van der Waals surface area contributed by atoms with Gasteiger partial charge >= 0.3 is 6.03 Å². The summed E-state index contributed by atoms with van der Waals surface area (Å²) < 4.78 is 0. The summed E-state index contributed by atoms with van der Waals surface area (Å²) >= 11 is 0. The van der Waals surface area contributed by atoms with Crippen LogP contribution < -0.4 is 9.80 Å². The number of anilines is 2. The summed E-state index contributed by atoms with van der Waals surface area (Å²) in [5.41, 5.74) is 2.92. The zero-order valence-corrected chi connectivity index (χ0v) is 13.6. The van der Waals surface area contributed by atoms with Crippen LogP contribution >= 0.6 is 0 Å². The maximum absolute atomic E-state index is 13.0. The van der Waals surface area contributed by atoms with Crippen molar-refractivity contribution in [1.29, 1.82) is 0 Å². The van der Waals surface area contributed by atoms with Crippen LogP contribution in [0.1, 0.15) is 11.1 Å². The second-order valence-corrected chi connectivity index (χ2v) is 6.23. The number of amides is 2. The van der Waals surface area contributed by atoms with Crippen molar-refractivity contribution in [3.8, 4) is 0 Å². The number of hydrogen-bond donors (Lipinski definition) is 0. The monoisotopic (exact) mass is 354 g/mol. The number of nitro groups is 2. The number of non-ortho nitro benzene ring substituents is 2. The number of carbonyl (C=O) groups excluding carboxylic acids is 1. The Kier molecular flexibility index (Phi) is 3.57. The molecule has 0 N–H and O–H groups in total. The van der Waals surface area contributed by atoms with Crippen LogP contribution in [0.5, 0.6) is 0 Å². The lowest BCUT2D eigenvalue weighted by Crippen LogP contribution is -2.41. The van der Waals surface area contributed by atoms with Gasteiger partial charge in [0, 0.05) is 48.7 Å². The highest BCUT2D eigenvalue weighted by Gasteiger charge is 2.33. The number of hydrogen-bond acceptors (Lipinski definition) is 5. The summed E-state index contributed by atoms with van der Waals surface area (Å²) in [4.78, 5) is 37.1. The lowest BCUT2D eigenvalue weighted by molar-refractivity contribution is -0.385. The van der Waals surface area contributed by atoms with Crippen molar-refractivity contribution in [2.24, 2.45) is 0 Å². The second kappa shape index (κ2) is 5.80. The SMILES string of the molecule is O=C(N1CCc2cc([N+](=O)[O-])ccc21)N1CCc2cc([N+](=O)[O-])ccc21. The maximum atomic E-state index is 13.0. The number of benzene rings is 2. The minimum absolute atomic E-state index is 0.0110. The van der Waals surface area contributed by atoms with Crippen LogP contribution in [-0.4, -0.2) is 29.0 Å². The summed E-state index contributed by atoms with van der Waals surface area (Å²) in [7, 11) is 0. The fourth-order valence-electron chi connectivity index (χ4n) is 3.55. The van der Waals surface area contributed by atoms with E-state index in [1.165, 1.54) is 24.3 Å². The van der Waals surface area contributed by atoms with Gasteiger partial charge in [-0.25, -0.2) is 4.79 Å². The van der Waals surface area contributed by atoms with Gasteiger partial charge in [0.2, 0.25) is 0 Å². The van der Waals surface area contributed by atoms with Crippen molar-refractivity contribution in [2.45, 2.75) is 12.8 Å². The lowest BCUT2D eigenvalue weighted by atomic mass is 10.1. The molecule has 2 amide bonds. The third kappa shape index (κ3) is 2.44. The van der Waals surface area contributed by atoms with Crippen LogP contribution in [0.15, 0.2) is 36.4 Å². The molecule has 0 spiro atoms. The quantitative estimate of drug-likeness (QED) is 0.608. The Labute approximate surface area is 147 Å². The fourth-order valence-corrected chi connectivity index (χ4v) is 3.55. The van der Waals surface area contributed by atoms with E-state index in [0.717, 1.165) is 11.1 Å². The molecule has 0 aromatic heterocycles. The van der Waals surface area contributed by atoms with Gasteiger partial charge in [0.25, 0.3) is 11.4 Å². The number of carbonyl (C=O) groups is 1. The molecule has 9 heteroatoms. The number of nitro benzene ring substituents is 2. The maximum Gasteiger partial charge on any atom is 0.328 e. The molecule has 132 valence electrons. The molecular formula is C17H14N4O5. The minimum Gasteiger partial charge on any atom is -0.293 e. The fraction of sp³-hybridized carbons (Fsp3) is 0.235. The van der Waals surface area contributed by atoms with Gasteiger partial charge in [0.15, 0.2) is 0 Å². The molecule has 2 aliphatic rings. The topological polar surface area (TPSA) is 110 Å². The number of nitrogens with zero attached hydrogens (tertiary/aromatic N) is 4. The molecule has 2 aliphatic heterocycles. The van der Waals surface area contributed by atoms with Crippen molar-refractivity contribution < 1.29 is 14.6 Å². The van der Waals surface area contributed by atoms with Crippen LogP contribution in [0.2, 0.25) is 0 Å².